The zero-order valence-corrected chi connectivity index (χ0v) is 21.5. The summed E-state index contributed by atoms with van der Waals surface area (Å²) in [6, 6.07) is 16.3. The van der Waals surface area contributed by atoms with E-state index in [0.29, 0.717) is 22.0 Å². The van der Waals surface area contributed by atoms with Crippen LogP contribution in [0.3, 0.4) is 0 Å². The largest absolute Gasteiger partial charge is 0.484 e. The highest BCUT2D eigenvalue weighted by Gasteiger charge is 2.36. The molecule has 0 radical (unpaired) electrons. The maximum Gasteiger partial charge on any atom is 0.416 e. The number of benzene rings is 3. The van der Waals surface area contributed by atoms with Crippen molar-refractivity contribution in [2.75, 3.05) is 16.8 Å². The summed E-state index contributed by atoms with van der Waals surface area (Å²) in [5.74, 6) is -0.519. The lowest BCUT2D eigenvalue weighted by Crippen LogP contribution is -2.27. The lowest BCUT2D eigenvalue weighted by molar-refractivity contribution is -0.137. The summed E-state index contributed by atoms with van der Waals surface area (Å²) in [7, 11) is 0. The van der Waals surface area contributed by atoms with Crippen molar-refractivity contribution in [3.05, 3.63) is 93.3 Å². The second-order valence-electron chi connectivity index (χ2n) is 7.93. The third kappa shape index (κ3) is 6.51. The van der Waals surface area contributed by atoms with Crippen molar-refractivity contribution in [1.29, 1.82) is 0 Å². The molecule has 5 nitrogen and oxygen atoms in total. The van der Waals surface area contributed by atoms with E-state index in [-0.39, 0.29) is 27.4 Å². The van der Waals surface area contributed by atoms with Crippen LogP contribution in [0.5, 0.6) is 5.75 Å². The van der Waals surface area contributed by atoms with E-state index in [0.717, 1.165) is 34.4 Å². The fourth-order valence-corrected chi connectivity index (χ4v) is 4.89. The summed E-state index contributed by atoms with van der Waals surface area (Å²) in [5.41, 5.74) is 1.19. The van der Waals surface area contributed by atoms with Crippen LogP contribution in [-0.2, 0) is 15.8 Å². The molecule has 1 N–H and O–H groups in total. The van der Waals surface area contributed by atoms with Gasteiger partial charge in [0.1, 0.15) is 5.75 Å². The molecule has 1 fully saturated rings. The number of amides is 2. The lowest BCUT2D eigenvalue weighted by atomic mass is 10.1. The summed E-state index contributed by atoms with van der Waals surface area (Å²) in [6.07, 6.45) is -2.98. The highest BCUT2D eigenvalue weighted by molar-refractivity contribution is 8.27. The smallest absolute Gasteiger partial charge is 0.416 e. The molecule has 0 saturated carbocycles. The monoisotopic (exact) mass is 562 g/mol. The number of carbonyl (C=O) groups excluding carboxylic acids is 2. The van der Waals surface area contributed by atoms with Crippen LogP contribution < -0.4 is 15.0 Å². The molecule has 2 amide bonds. The van der Waals surface area contributed by atoms with E-state index >= 15 is 0 Å². The molecule has 1 aliphatic heterocycles. The number of rotatable bonds is 6. The van der Waals surface area contributed by atoms with Gasteiger partial charge in [0.25, 0.3) is 11.8 Å². The van der Waals surface area contributed by atoms with Crippen LogP contribution in [0.4, 0.5) is 24.5 Å². The second kappa shape index (κ2) is 11.0. The van der Waals surface area contributed by atoms with E-state index in [1.165, 1.54) is 12.1 Å². The van der Waals surface area contributed by atoms with Crippen LogP contribution >= 0.6 is 35.6 Å². The number of alkyl halides is 3. The SMILES string of the molecule is Cc1ccc(Cl)cc1NC(=O)COc1cccc(/C=C2\SC(=S)N(c3cccc(C(F)(F)F)c3)C2=O)c1. The molecule has 1 aliphatic rings. The maximum absolute atomic E-state index is 13.1. The Morgan fingerprint density at radius 3 is 2.65 bits per heavy atom. The molecule has 0 unspecified atom stereocenters. The van der Waals surface area contributed by atoms with Crippen LogP contribution in [-0.4, -0.2) is 22.7 Å². The molecule has 0 bridgehead atoms. The first-order chi connectivity index (χ1) is 17.5. The third-order valence-electron chi connectivity index (χ3n) is 5.22. The van der Waals surface area contributed by atoms with Gasteiger partial charge in [0, 0.05) is 10.7 Å². The zero-order valence-electron chi connectivity index (χ0n) is 19.1. The molecule has 3 aromatic carbocycles. The average molecular weight is 563 g/mol. The van der Waals surface area contributed by atoms with E-state index in [4.69, 9.17) is 28.6 Å². The van der Waals surface area contributed by atoms with Gasteiger partial charge in [0.15, 0.2) is 10.9 Å². The molecule has 0 atom stereocenters. The van der Waals surface area contributed by atoms with Crippen molar-refractivity contribution in [3.63, 3.8) is 0 Å². The van der Waals surface area contributed by atoms with E-state index in [2.05, 4.69) is 5.32 Å². The number of thiocarbonyl (C=S) groups is 1. The fourth-order valence-electron chi connectivity index (χ4n) is 3.42. The zero-order chi connectivity index (χ0) is 26.7. The Morgan fingerprint density at radius 1 is 1.14 bits per heavy atom. The molecule has 4 rings (SSSR count). The summed E-state index contributed by atoms with van der Waals surface area (Å²) in [5, 5.41) is 3.23. The highest BCUT2D eigenvalue weighted by atomic mass is 35.5. The predicted octanol–water partition coefficient (Wildman–Crippen LogP) is 7.09. The van der Waals surface area contributed by atoms with Gasteiger partial charge in [0.2, 0.25) is 0 Å². The minimum Gasteiger partial charge on any atom is -0.484 e. The first-order valence-corrected chi connectivity index (χ1v) is 12.4. The average Bonchev–Trinajstić information content (AvgIpc) is 3.12. The predicted molar refractivity (Wildman–Crippen MR) is 144 cm³/mol. The Bertz CT molecular complexity index is 1430. The highest BCUT2D eigenvalue weighted by Crippen LogP contribution is 2.38. The van der Waals surface area contributed by atoms with Crippen molar-refractivity contribution in [3.8, 4) is 5.75 Å². The number of hydrogen-bond donors (Lipinski definition) is 1. The molecular weight excluding hydrogens is 545 g/mol. The molecule has 3 aromatic rings. The number of anilines is 2. The van der Waals surface area contributed by atoms with Crippen molar-refractivity contribution < 1.29 is 27.5 Å². The number of nitrogens with zero attached hydrogens (tertiary/aromatic N) is 1. The van der Waals surface area contributed by atoms with Crippen LogP contribution in [0.1, 0.15) is 16.7 Å². The van der Waals surface area contributed by atoms with Crippen LogP contribution in [0, 0.1) is 6.92 Å². The van der Waals surface area contributed by atoms with E-state index in [1.807, 2.05) is 6.92 Å². The standard InChI is InChI=1S/C26H18ClF3N2O3S2/c1-15-8-9-18(27)13-21(15)31-23(33)14-35-20-7-2-4-16(10-20)11-22-24(34)32(25(36)37-22)19-6-3-5-17(12-19)26(28,29)30/h2-13H,14H2,1H3,(H,31,33)/b22-11-. The van der Waals surface area contributed by atoms with Gasteiger partial charge in [0.05, 0.1) is 16.2 Å². The Hall–Kier alpha value is -3.34. The first-order valence-electron chi connectivity index (χ1n) is 10.8. The normalized spacial score (nSPS) is 14.8. The van der Waals surface area contributed by atoms with Crippen LogP contribution in [0.25, 0.3) is 6.08 Å². The number of nitrogens with one attached hydrogen (secondary N) is 1. The molecule has 0 aliphatic carbocycles. The van der Waals surface area contributed by atoms with Crippen molar-refractivity contribution >= 4 is 69.2 Å². The van der Waals surface area contributed by atoms with Gasteiger partial charge in [-0.25, -0.2) is 0 Å². The number of hydrogen-bond acceptors (Lipinski definition) is 5. The number of aryl methyl sites for hydroxylation is 1. The number of thioether (sulfide) groups is 1. The summed E-state index contributed by atoms with van der Waals surface area (Å²) in [4.78, 5) is 26.6. The van der Waals surface area contributed by atoms with Gasteiger partial charge in [-0.3, -0.25) is 14.5 Å². The molecule has 37 heavy (non-hydrogen) atoms. The number of halogens is 4. The summed E-state index contributed by atoms with van der Waals surface area (Å²) >= 11 is 12.2. The van der Waals surface area contributed by atoms with Crippen molar-refractivity contribution in [2.24, 2.45) is 0 Å². The molecule has 0 spiro atoms. The Labute approximate surface area is 225 Å². The number of ether oxygens (including phenoxy) is 1. The van der Waals surface area contributed by atoms with Crippen LogP contribution in [0.15, 0.2) is 71.6 Å². The Balaban J connectivity index is 1.45. The van der Waals surface area contributed by atoms with Gasteiger partial charge < -0.3 is 10.1 Å². The molecule has 1 saturated heterocycles. The number of carbonyl (C=O) groups is 2. The van der Waals surface area contributed by atoms with E-state index in [1.54, 1.807) is 48.5 Å². The molecular formula is C26H18ClF3N2O3S2. The summed E-state index contributed by atoms with van der Waals surface area (Å²) < 4.78 is 45.0. The minimum atomic E-state index is -4.55. The fraction of sp³-hybridized carbons (Fsp3) is 0.115. The Morgan fingerprint density at radius 2 is 1.89 bits per heavy atom. The van der Waals surface area contributed by atoms with Gasteiger partial charge in [-0.15, -0.1) is 0 Å². The van der Waals surface area contributed by atoms with Gasteiger partial charge in [-0.1, -0.05) is 59.8 Å². The van der Waals surface area contributed by atoms with Gasteiger partial charge in [-0.05, 0) is 66.6 Å². The maximum atomic E-state index is 13.1. The quantitative estimate of drug-likeness (QED) is 0.257. The third-order valence-corrected chi connectivity index (χ3v) is 6.76. The van der Waals surface area contributed by atoms with Crippen LogP contribution in [0.2, 0.25) is 5.02 Å². The molecule has 190 valence electrons. The van der Waals surface area contributed by atoms with E-state index < -0.39 is 17.6 Å². The first kappa shape index (κ1) is 26.7. The van der Waals surface area contributed by atoms with Gasteiger partial charge >= 0.3 is 6.18 Å². The lowest BCUT2D eigenvalue weighted by Gasteiger charge is -2.16. The van der Waals surface area contributed by atoms with Crippen molar-refractivity contribution in [1.82, 2.24) is 0 Å². The molecule has 0 aromatic heterocycles. The van der Waals surface area contributed by atoms with E-state index in [9.17, 15) is 22.8 Å². The second-order valence-corrected chi connectivity index (χ2v) is 10.0. The Kier molecular flexibility index (Phi) is 7.91. The molecule has 11 heteroatoms. The molecule has 1 heterocycles. The van der Waals surface area contributed by atoms with Crippen molar-refractivity contribution in [2.45, 2.75) is 13.1 Å². The topological polar surface area (TPSA) is 58.6 Å². The summed E-state index contributed by atoms with van der Waals surface area (Å²) in [6.45, 7) is 1.58. The van der Waals surface area contributed by atoms with Gasteiger partial charge in [-0.2, -0.15) is 13.2 Å². The minimum absolute atomic E-state index is 0.0405.